The Kier molecular flexibility index (Phi) is 2.91. The summed E-state index contributed by atoms with van der Waals surface area (Å²) in [5.41, 5.74) is 10.4. The molecule has 1 aliphatic carbocycles. The van der Waals surface area contributed by atoms with Gasteiger partial charge in [-0.25, -0.2) is 0 Å². The van der Waals surface area contributed by atoms with Gasteiger partial charge >= 0.3 is 0 Å². The average Bonchev–Trinajstić information content (AvgIpc) is 2.59. The Morgan fingerprint density at radius 1 is 1.20 bits per heavy atom. The molecule has 0 saturated heterocycles. The summed E-state index contributed by atoms with van der Waals surface area (Å²) < 4.78 is 1.19. The number of rotatable bonds is 1. The molecule has 1 fully saturated rings. The first-order valence-corrected chi connectivity index (χ1v) is 6.38. The molecule has 1 saturated carbocycles. The topological polar surface area (TPSA) is 26.0 Å². The lowest BCUT2D eigenvalue weighted by Crippen LogP contribution is -2.34. The van der Waals surface area contributed by atoms with Crippen LogP contribution in [0.4, 0.5) is 0 Å². The highest BCUT2D eigenvalue weighted by Crippen LogP contribution is 2.39. The van der Waals surface area contributed by atoms with Gasteiger partial charge in [0.1, 0.15) is 0 Å². The van der Waals surface area contributed by atoms with Gasteiger partial charge in [0.15, 0.2) is 0 Å². The van der Waals surface area contributed by atoms with Crippen molar-refractivity contribution < 1.29 is 0 Å². The summed E-state index contributed by atoms with van der Waals surface area (Å²) >= 11 is 3.61. The lowest BCUT2D eigenvalue weighted by atomic mass is 9.85. The van der Waals surface area contributed by atoms with E-state index in [1.165, 1.54) is 34.0 Å². The molecule has 0 bridgehead atoms. The Morgan fingerprint density at radius 2 is 1.80 bits per heavy atom. The third kappa shape index (κ3) is 1.98. The van der Waals surface area contributed by atoms with Gasteiger partial charge in [-0.1, -0.05) is 34.8 Å². The van der Waals surface area contributed by atoms with E-state index in [2.05, 4.69) is 41.9 Å². The maximum absolute atomic E-state index is 6.50. The van der Waals surface area contributed by atoms with Crippen molar-refractivity contribution in [1.82, 2.24) is 0 Å². The monoisotopic (exact) mass is 267 g/mol. The van der Waals surface area contributed by atoms with E-state index in [9.17, 15) is 0 Å². The number of hydrogen-bond donors (Lipinski definition) is 1. The SMILES string of the molecule is Cc1cc(Br)c(C)c(C2(N)CCCC2)c1. The highest BCUT2D eigenvalue weighted by Gasteiger charge is 2.32. The zero-order valence-corrected chi connectivity index (χ0v) is 11.0. The van der Waals surface area contributed by atoms with Crippen molar-refractivity contribution >= 4 is 15.9 Å². The smallest absolute Gasteiger partial charge is 0.0412 e. The van der Waals surface area contributed by atoms with E-state index in [1.54, 1.807) is 0 Å². The molecule has 0 aromatic heterocycles. The molecule has 1 aliphatic rings. The van der Waals surface area contributed by atoms with E-state index in [0.29, 0.717) is 0 Å². The van der Waals surface area contributed by atoms with E-state index in [0.717, 1.165) is 12.8 Å². The second-order valence-electron chi connectivity index (χ2n) is 4.78. The first-order chi connectivity index (χ1) is 7.03. The first kappa shape index (κ1) is 11.2. The Bertz CT molecular complexity index is 378. The molecule has 0 atom stereocenters. The standard InChI is InChI=1S/C13H18BrN/c1-9-7-11(10(2)12(14)8-9)13(15)5-3-4-6-13/h7-8H,3-6,15H2,1-2H3. The summed E-state index contributed by atoms with van der Waals surface area (Å²) in [5, 5.41) is 0. The van der Waals surface area contributed by atoms with Gasteiger partial charge in [-0.2, -0.15) is 0 Å². The zero-order valence-electron chi connectivity index (χ0n) is 9.44. The predicted octanol–water partition coefficient (Wildman–Crippen LogP) is 3.79. The minimum atomic E-state index is -0.0708. The molecule has 0 unspecified atom stereocenters. The summed E-state index contributed by atoms with van der Waals surface area (Å²) in [5.74, 6) is 0. The van der Waals surface area contributed by atoms with Crippen molar-refractivity contribution in [2.75, 3.05) is 0 Å². The van der Waals surface area contributed by atoms with E-state index < -0.39 is 0 Å². The third-order valence-electron chi connectivity index (χ3n) is 3.52. The van der Waals surface area contributed by atoms with Gasteiger partial charge in [-0.3, -0.25) is 0 Å². The van der Waals surface area contributed by atoms with Crippen LogP contribution in [0.5, 0.6) is 0 Å². The van der Waals surface area contributed by atoms with Crippen LogP contribution >= 0.6 is 15.9 Å². The molecular formula is C13H18BrN. The number of nitrogens with two attached hydrogens (primary N) is 1. The zero-order chi connectivity index (χ0) is 11.1. The molecule has 15 heavy (non-hydrogen) atoms. The van der Waals surface area contributed by atoms with Crippen LogP contribution < -0.4 is 5.73 Å². The van der Waals surface area contributed by atoms with Gasteiger partial charge in [0, 0.05) is 10.0 Å². The quantitative estimate of drug-likeness (QED) is 0.823. The van der Waals surface area contributed by atoms with Crippen LogP contribution in [0.15, 0.2) is 16.6 Å². The highest BCUT2D eigenvalue weighted by molar-refractivity contribution is 9.10. The Hall–Kier alpha value is -0.340. The van der Waals surface area contributed by atoms with Crippen molar-refractivity contribution in [3.05, 3.63) is 33.3 Å². The van der Waals surface area contributed by atoms with Crippen molar-refractivity contribution in [3.8, 4) is 0 Å². The number of aryl methyl sites for hydroxylation is 1. The second-order valence-corrected chi connectivity index (χ2v) is 5.64. The molecule has 0 spiro atoms. The summed E-state index contributed by atoms with van der Waals surface area (Å²) in [4.78, 5) is 0. The van der Waals surface area contributed by atoms with Crippen LogP contribution in [-0.2, 0) is 5.54 Å². The molecule has 2 N–H and O–H groups in total. The normalized spacial score (nSPS) is 19.5. The fraction of sp³-hybridized carbons (Fsp3) is 0.538. The second kappa shape index (κ2) is 3.91. The van der Waals surface area contributed by atoms with Crippen LogP contribution in [0, 0.1) is 13.8 Å². The van der Waals surface area contributed by atoms with Crippen molar-refractivity contribution in [1.29, 1.82) is 0 Å². The molecule has 1 nitrogen and oxygen atoms in total. The Balaban J connectivity index is 2.51. The summed E-state index contributed by atoms with van der Waals surface area (Å²) in [6.45, 7) is 4.29. The van der Waals surface area contributed by atoms with Crippen molar-refractivity contribution in [2.24, 2.45) is 5.73 Å². The summed E-state index contributed by atoms with van der Waals surface area (Å²) in [7, 11) is 0. The fourth-order valence-corrected chi connectivity index (χ4v) is 3.18. The van der Waals surface area contributed by atoms with E-state index in [-0.39, 0.29) is 5.54 Å². The van der Waals surface area contributed by atoms with Crippen molar-refractivity contribution in [3.63, 3.8) is 0 Å². The van der Waals surface area contributed by atoms with E-state index in [1.807, 2.05) is 0 Å². The van der Waals surface area contributed by atoms with Crippen LogP contribution in [0.3, 0.4) is 0 Å². The molecule has 1 aromatic rings. The van der Waals surface area contributed by atoms with Gasteiger partial charge in [-0.15, -0.1) is 0 Å². The largest absolute Gasteiger partial charge is 0.321 e. The lowest BCUT2D eigenvalue weighted by Gasteiger charge is -2.27. The highest BCUT2D eigenvalue weighted by atomic mass is 79.9. The molecule has 82 valence electrons. The van der Waals surface area contributed by atoms with Crippen LogP contribution in [0.2, 0.25) is 0 Å². The predicted molar refractivity (Wildman–Crippen MR) is 67.9 cm³/mol. The fourth-order valence-electron chi connectivity index (χ4n) is 2.61. The maximum Gasteiger partial charge on any atom is 0.0412 e. The van der Waals surface area contributed by atoms with Crippen LogP contribution in [0.25, 0.3) is 0 Å². The van der Waals surface area contributed by atoms with Crippen molar-refractivity contribution in [2.45, 2.75) is 45.1 Å². The third-order valence-corrected chi connectivity index (χ3v) is 4.34. The Morgan fingerprint density at radius 3 is 2.40 bits per heavy atom. The van der Waals surface area contributed by atoms with Gasteiger partial charge in [0.05, 0.1) is 0 Å². The van der Waals surface area contributed by atoms with Crippen LogP contribution in [0.1, 0.15) is 42.4 Å². The maximum atomic E-state index is 6.50. The molecule has 2 heteroatoms. The lowest BCUT2D eigenvalue weighted by molar-refractivity contribution is 0.458. The molecule has 1 aromatic carbocycles. The van der Waals surface area contributed by atoms with Gasteiger partial charge in [0.25, 0.3) is 0 Å². The molecular weight excluding hydrogens is 250 g/mol. The van der Waals surface area contributed by atoms with Gasteiger partial charge < -0.3 is 5.73 Å². The number of hydrogen-bond acceptors (Lipinski definition) is 1. The first-order valence-electron chi connectivity index (χ1n) is 5.59. The molecule has 0 radical (unpaired) electrons. The number of benzene rings is 1. The van der Waals surface area contributed by atoms with Crippen LogP contribution in [-0.4, -0.2) is 0 Å². The van der Waals surface area contributed by atoms with E-state index >= 15 is 0 Å². The molecule has 0 aliphatic heterocycles. The molecule has 2 rings (SSSR count). The summed E-state index contributed by atoms with van der Waals surface area (Å²) in [6, 6.07) is 4.42. The van der Waals surface area contributed by atoms with E-state index in [4.69, 9.17) is 5.73 Å². The molecule has 0 amide bonds. The van der Waals surface area contributed by atoms with Gasteiger partial charge in [0.2, 0.25) is 0 Å². The average molecular weight is 268 g/mol. The van der Waals surface area contributed by atoms with Gasteiger partial charge in [-0.05, 0) is 49.4 Å². The minimum absolute atomic E-state index is 0.0708. The summed E-state index contributed by atoms with van der Waals surface area (Å²) in [6.07, 6.45) is 4.79. The number of halogens is 1. The Labute approximate surface area is 100 Å². The minimum Gasteiger partial charge on any atom is -0.321 e. The molecule has 0 heterocycles.